The highest BCUT2D eigenvalue weighted by Gasteiger charge is 2.27. The summed E-state index contributed by atoms with van der Waals surface area (Å²) >= 11 is 0. The molecule has 0 atom stereocenters. The van der Waals surface area contributed by atoms with E-state index in [1.165, 1.54) is 7.11 Å². The zero-order valence-corrected chi connectivity index (χ0v) is 17.2. The van der Waals surface area contributed by atoms with E-state index in [1.54, 1.807) is 30.2 Å². The lowest BCUT2D eigenvalue weighted by Gasteiger charge is -2.35. The van der Waals surface area contributed by atoms with E-state index in [0.717, 1.165) is 16.5 Å². The summed E-state index contributed by atoms with van der Waals surface area (Å²) in [7, 11) is 3.07. The van der Waals surface area contributed by atoms with Gasteiger partial charge in [-0.3, -0.25) is 9.59 Å². The molecule has 4 rings (SSSR count). The summed E-state index contributed by atoms with van der Waals surface area (Å²) in [5.41, 5.74) is 2.49. The van der Waals surface area contributed by atoms with Gasteiger partial charge in [-0.2, -0.15) is 0 Å². The zero-order chi connectivity index (χ0) is 21.1. The van der Waals surface area contributed by atoms with Crippen molar-refractivity contribution in [3.63, 3.8) is 0 Å². The van der Waals surface area contributed by atoms with Crippen molar-refractivity contribution in [2.75, 3.05) is 40.4 Å². The Labute approximate surface area is 175 Å². The van der Waals surface area contributed by atoms with Gasteiger partial charge in [-0.1, -0.05) is 24.3 Å². The van der Waals surface area contributed by atoms with Crippen molar-refractivity contribution >= 4 is 22.7 Å². The van der Waals surface area contributed by atoms with Crippen LogP contribution in [0.15, 0.2) is 48.7 Å². The van der Waals surface area contributed by atoms with Gasteiger partial charge >= 0.3 is 0 Å². The van der Waals surface area contributed by atoms with Crippen LogP contribution in [0.5, 0.6) is 11.5 Å². The van der Waals surface area contributed by atoms with Crippen LogP contribution in [-0.4, -0.2) is 67.0 Å². The van der Waals surface area contributed by atoms with E-state index in [2.05, 4.69) is 4.98 Å². The summed E-state index contributed by atoms with van der Waals surface area (Å²) in [6, 6.07) is 13.2. The molecule has 0 saturated carbocycles. The summed E-state index contributed by atoms with van der Waals surface area (Å²) in [6.07, 6.45) is 2.25. The summed E-state index contributed by atoms with van der Waals surface area (Å²) < 4.78 is 10.7. The van der Waals surface area contributed by atoms with Crippen LogP contribution in [0.2, 0.25) is 0 Å². The van der Waals surface area contributed by atoms with Crippen molar-refractivity contribution in [3.8, 4) is 11.5 Å². The first kappa shape index (κ1) is 19.8. The predicted octanol–water partition coefficient (Wildman–Crippen LogP) is 2.71. The second kappa shape index (κ2) is 8.49. The van der Waals surface area contributed by atoms with Gasteiger partial charge in [-0.05, 0) is 23.8 Å². The van der Waals surface area contributed by atoms with Crippen LogP contribution in [0.25, 0.3) is 10.9 Å². The minimum absolute atomic E-state index is 0.0748. The van der Waals surface area contributed by atoms with E-state index in [-0.39, 0.29) is 11.8 Å². The Bertz CT molecular complexity index is 1070. The first-order chi connectivity index (χ1) is 14.6. The van der Waals surface area contributed by atoms with Crippen LogP contribution < -0.4 is 9.47 Å². The third kappa shape index (κ3) is 3.70. The number of carbonyl (C=O) groups excluding carboxylic acids is 2. The van der Waals surface area contributed by atoms with Crippen LogP contribution >= 0.6 is 0 Å². The number of H-pyrrole nitrogens is 1. The highest BCUT2D eigenvalue weighted by Crippen LogP contribution is 2.31. The summed E-state index contributed by atoms with van der Waals surface area (Å²) in [6.45, 7) is 2.00. The number of nitrogens with one attached hydrogen (secondary N) is 1. The third-order valence-corrected chi connectivity index (χ3v) is 5.57. The van der Waals surface area contributed by atoms with Gasteiger partial charge in [0.05, 0.1) is 26.2 Å². The molecule has 0 bridgehead atoms. The molecule has 156 valence electrons. The molecule has 1 aliphatic heterocycles. The SMILES string of the molecule is COc1cccc(C(=O)N2CCN(C(=O)Cc3c[nH]c4ccccc34)CC2)c1OC. The average Bonchev–Trinajstić information content (AvgIpc) is 3.20. The molecule has 2 aromatic carbocycles. The fraction of sp³-hybridized carbons (Fsp3) is 0.304. The second-order valence-corrected chi connectivity index (χ2v) is 7.25. The van der Waals surface area contributed by atoms with Crippen molar-refractivity contribution in [1.29, 1.82) is 0 Å². The number of ether oxygens (including phenoxy) is 2. The summed E-state index contributed by atoms with van der Waals surface area (Å²) in [4.78, 5) is 32.6. The number of para-hydroxylation sites is 2. The standard InChI is InChI=1S/C23H25N3O4/c1-29-20-9-5-7-18(22(20)30-2)23(28)26-12-10-25(11-13-26)21(27)14-16-15-24-19-8-4-3-6-17(16)19/h3-9,15,24H,10-14H2,1-2H3. The van der Waals surface area contributed by atoms with Crippen molar-refractivity contribution in [1.82, 2.24) is 14.8 Å². The van der Waals surface area contributed by atoms with Gasteiger partial charge in [-0.15, -0.1) is 0 Å². The van der Waals surface area contributed by atoms with Crippen LogP contribution in [0.1, 0.15) is 15.9 Å². The molecule has 3 aromatic rings. The molecule has 2 heterocycles. The minimum atomic E-state index is -0.116. The lowest BCUT2D eigenvalue weighted by Crippen LogP contribution is -2.51. The molecule has 0 unspecified atom stereocenters. The Morgan fingerprint density at radius 2 is 1.67 bits per heavy atom. The van der Waals surface area contributed by atoms with Gasteiger partial charge in [-0.25, -0.2) is 0 Å². The predicted molar refractivity (Wildman–Crippen MR) is 114 cm³/mol. The van der Waals surface area contributed by atoms with Crippen molar-refractivity contribution in [2.45, 2.75) is 6.42 Å². The van der Waals surface area contributed by atoms with E-state index in [0.29, 0.717) is 49.7 Å². The lowest BCUT2D eigenvalue weighted by molar-refractivity contribution is -0.131. The van der Waals surface area contributed by atoms with Gasteiger partial charge < -0.3 is 24.3 Å². The number of hydrogen-bond acceptors (Lipinski definition) is 4. The van der Waals surface area contributed by atoms with Crippen LogP contribution in [-0.2, 0) is 11.2 Å². The van der Waals surface area contributed by atoms with Gasteiger partial charge in [0, 0.05) is 43.3 Å². The molecule has 7 heteroatoms. The fourth-order valence-electron chi connectivity index (χ4n) is 3.94. The van der Waals surface area contributed by atoms with E-state index >= 15 is 0 Å². The Hall–Kier alpha value is -3.48. The molecule has 0 aliphatic carbocycles. The molecule has 1 aliphatic rings. The van der Waals surface area contributed by atoms with E-state index in [1.807, 2.05) is 35.4 Å². The Kier molecular flexibility index (Phi) is 5.61. The van der Waals surface area contributed by atoms with Crippen LogP contribution in [0, 0.1) is 0 Å². The van der Waals surface area contributed by atoms with E-state index in [9.17, 15) is 9.59 Å². The van der Waals surface area contributed by atoms with E-state index < -0.39 is 0 Å². The molecule has 1 N–H and O–H groups in total. The van der Waals surface area contributed by atoms with Gasteiger partial charge in [0.25, 0.3) is 5.91 Å². The number of fused-ring (bicyclic) bond motifs is 1. The topological polar surface area (TPSA) is 74.9 Å². The van der Waals surface area contributed by atoms with Gasteiger partial charge in [0.15, 0.2) is 11.5 Å². The Morgan fingerprint density at radius 1 is 0.933 bits per heavy atom. The first-order valence-electron chi connectivity index (χ1n) is 9.95. The largest absolute Gasteiger partial charge is 0.493 e. The number of rotatable bonds is 5. The molecule has 1 saturated heterocycles. The zero-order valence-electron chi connectivity index (χ0n) is 17.2. The van der Waals surface area contributed by atoms with Gasteiger partial charge in [0.2, 0.25) is 5.91 Å². The van der Waals surface area contributed by atoms with Gasteiger partial charge in [0.1, 0.15) is 0 Å². The number of carbonyl (C=O) groups is 2. The second-order valence-electron chi connectivity index (χ2n) is 7.25. The third-order valence-electron chi connectivity index (χ3n) is 5.57. The van der Waals surface area contributed by atoms with Crippen LogP contribution in [0.3, 0.4) is 0 Å². The first-order valence-corrected chi connectivity index (χ1v) is 9.95. The maximum Gasteiger partial charge on any atom is 0.257 e. The smallest absolute Gasteiger partial charge is 0.257 e. The summed E-state index contributed by atoms with van der Waals surface area (Å²) in [5.74, 6) is 0.916. The Balaban J connectivity index is 1.40. The monoisotopic (exact) mass is 407 g/mol. The minimum Gasteiger partial charge on any atom is -0.493 e. The normalized spacial score (nSPS) is 14.1. The number of methoxy groups -OCH3 is 2. The maximum absolute atomic E-state index is 13.0. The van der Waals surface area contributed by atoms with Crippen LogP contribution in [0.4, 0.5) is 0 Å². The van der Waals surface area contributed by atoms with Crippen molar-refractivity contribution in [2.24, 2.45) is 0 Å². The number of hydrogen-bond donors (Lipinski definition) is 1. The number of benzene rings is 2. The molecule has 2 amide bonds. The van der Waals surface area contributed by atoms with E-state index in [4.69, 9.17) is 9.47 Å². The highest BCUT2D eigenvalue weighted by molar-refractivity contribution is 5.98. The number of aromatic amines is 1. The molecule has 0 radical (unpaired) electrons. The molecule has 7 nitrogen and oxygen atoms in total. The maximum atomic E-state index is 13.0. The Morgan fingerprint density at radius 3 is 2.40 bits per heavy atom. The number of aromatic nitrogens is 1. The highest BCUT2D eigenvalue weighted by atomic mass is 16.5. The molecule has 0 spiro atoms. The van der Waals surface area contributed by atoms with Crippen molar-refractivity contribution in [3.05, 3.63) is 59.8 Å². The number of amides is 2. The molecule has 30 heavy (non-hydrogen) atoms. The molecular weight excluding hydrogens is 382 g/mol. The molecule has 1 fully saturated rings. The quantitative estimate of drug-likeness (QED) is 0.706. The number of nitrogens with zero attached hydrogens (tertiary/aromatic N) is 2. The summed E-state index contributed by atoms with van der Waals surface area (Å²) in [5, 5.41) is 1.07. The lowest BCUT2D eigenvalue weighted by atomic mass is 10.1. The average molecular weight is 407 g/mol. The number of piperazine rings is 1. The molecule has 1 aromatic heterocycles. The van der Waals surface area contributed by atoms with Crippen molar-refractivity contribution < 1.29 is 19.1 Å². The molecular formula is C23H25N3O4. The fourth-order valence-corrected chi connectivity index (χ4v) is 3.94.